The maximum atomic E-state index is 6.12. The lowest BCUT2D eigenvalue weighted by molar-refractivity contribution is 0.285. The largest absolute Gasteiger partial charge is 0.339 e. The first-order chi connectivity index (χ1) is 7.97. The Kier molecular flexibility index (Phi) is 3.52. The molecular formula is C13H23N3O. The molecule has 1 unspecified atom stereocenters. The number of nitrogens with two attached hydrogens (primary N) is 1. The van der Waals surface area contributed by atoms with Crippen LogP contribution >= 0.6 is 0 Å². The van der Waals surface area contributed by atoms with Gasteiger partial charge in [-0.15, -0.1) is 0 Å². The van der Waals surface area contributed by atoms with Crippen molar-refractivity contribution in [2.75, 3.05) is 0 Å². The maximum Gasteiger partial charge on any atom is 0.228 e. The number of aromatic nitrogens is 2. The second-order valence-electron chi connectivity index (χ2n) is 6.20. The van der Waals surface area contributed by atoms with E-state index in [-0.39, 0.29) is 11.5 Å². The highest BCUT2D eigenvalue weighted by atomic mass is 16.5. The molecule has 4 nitrogen and oxygen atoms in total. The van der Waals surface area contributed by atoms with Crippen LogP contribution in [0.25, 0.3) is 0 Å². The van der Waals surface area contributed by atoms with Crippen LogP contribution in [0.3, 0.4) is 0 Å². The highest BCUT2D eigenvalue weighted by molar-refractivity contribution is 4.99. The van der Waals surface area contributed by atoms with Crippen LogP contribution in [-0.4, -0.2) is 16.2 Å². The lowest BCUT2D eigenvalue weighted by Gasteiger charge is -2.25. The molecule has 0 saturated heterocycles. The molecule has 0 amide bonds. The number of hydrogen-bond donors (Lipinski definition) is 1. The average Bonchev–Trinajstić information content (AvgIpc) is 2.83. The summed E-state index contributed by atoms with van der Waals surface area (Å²) >= 11 is 0. The van der Waals surface area contributed by atoms with Gasteiger partial charge in [-0.25, -0.2) is 0 Å². The molecule has 1 saturated carbocycles. The highest BCUT2D eigenvalue weighted by Crippen LogP contribution is 2.32. The average molecular weight is 237 g/mol. The standard InChI is InChI=1S/C13H23N3O/c1-13(2,3)10(14)8-11-15-12(16-17-11)9-6-4-5-7-9/h9-10H,4-8,14H2,1-3H3. The second-order valence-corrected chi connectivity index (χ2v) is 6.20. The smallest absolute Gasteiger partial charge is 0.228 e. The zero-order chi connectivity index (χ0) is 12.5. The Labute approximate surface area is 103 Å². The van der Waals surface area contributed by atoms with Crippen molar-refractivity contribution in [1.82, 2.24) is 10.1 Å². The van der Waals surface area contributed by atoms with Crippen molar-refractivity contribution in [3.8, 4) is 0 Å². The van der Waals surface area contributed by atoms with Gasteiger partial charge in [0.1, 0.15) is 0 Å². The zero-order valence-corrected chi connectivity index (χ0v) is 11.1. The molecule has 1 aromatic heterocycles. The first kappa shape index (κ1) is 12.6. The maximum absolute atomic E-state index is 6.12. The Bertz CT molecular complexity index is 361. The van der Waals surface area contributed by atoms with Crippen molar-refractivity contribution in [3.05, 3.63) is 11.7 Å². The minimum absolute atomic E-state index is 0.0550. The van der Waals surface area contributed by atoms with E-state index in [1.54, 1.807) is 0 Å². The lowest BCUT2D eigenvalue weighted by Crippen LogP contribution is -2.37. The van der Waals surface area contributed by atoms with Gasteiger partial charge >= 0.3 is 0 Å². The van der Waals surface area contributed by atoms with E-state index in [0.717, 1.165) is 5.82 Å². The van der Waals surface area contributed by atoms with Crippen LogP contribution in [0.5, 0.6) is 0 Å². The fourth-order valence-electron chi connectivity index (χ4n) is 2.20. The summed E-state index contributed by atoms with van der Waals surface area (Å²) in [4.78, 5) is 4.49. The molecule has 0 aromatic carbocycles. The van der Waals surface area contributed by atoms with Gasteiger partial charge in [-0.05, 0) is 18.3 Å². The van der Waals surface area contributed by atoms with Gasteiger partial charge in [0.05, 0.1) is 0 Å². The van der Waals surface area contributed by atoms with Crippen LogP contribution < -0.4 is 5.73 Å². The molecule has 1 aliphatic rings. The molecule has 0 aliphatic heterocycles. The van der Waals surface area contributed by atoms with E-state index in [1.807, 2.05) is 0 Å². The Morgan fingerprint density at radius 3 is 2.59 bits per heavy atom. The Balaban J connectivity index is 1.98. The second kappa shape index (κ2) is 4.77. The molecule has 4 heteroatoms. The third kappa shape index (κ3) is 3.06. The first-order valence-electron chi connectivity index (χ1n) is 6.55. The van der Waals surface area contributed by atoms with Crippen molar-refractivity contribution in [1.29, 1.82) is 0 Å². The van der Waals surface area contributed by atoms with Crippen LogP contribution in [0.2, 0.25) is 0 Å². The van der Waals surface area contributed by atoms with Gasteiger partial charge < -0.3 is 10.3 Å². The van der Waals surface area contributed by atoms with Gasteiger partial charge in [0.25, 0.3) is 0 Å². The highest BCUT2D eigenvalue weighted by Gasteiger charge is 2.25. The van der Waals surface area contributed by atoms with E-state index < -0.39 is 0 Å². The summed E-state index contributed by atoms with van der Waals surface area (Å²) in [5.41, 5.74) is 6.19. The summed E-state index contributed by atoms with van der Waals surface area (Å²) in [5, 5.41) is 4.09. The fraction of sp³-hybridized carbons (Fsp3) is 0.846. The fourth-order valence-corrected chi connectivity index (χ4v) is 2.20. The van der Waals surface area contributed by atoms with Crippen LogP contribution in [-0.2, 0) is 6.42 Å². The molecule has 2 rings (SSSR count). The molecule has 1 heterocycles. The molecule has 0 bridgehead atoms. The molecule has 96 valence electrons. The predicted molar refractivity (Wildman–Crippen MR) is 66.6 cm³/mol. The molecule has 0 spiro atoms. The van der Waals surface area contributed by atoms with Crippen LogP contribution in [0, 0.1) is 5.41 Å². The van der Waals surface area contributed by atoms with E-state index in [1.165, 1.54) is 25.7 Å². The van der Waals surface area contributed by atoms with E-state index in [4.69, 9.17) is 10.3 Å². The first-order valence-corrected chi connectivity index (χ1v) is 6.55. The summed E-state index contributed by atoms with van der Waals surface area (Å²) in [7, 11) is 0. The lowest BCUT2D eigenvalue weighted by atomic mass is 9.85. The van der Waals surface area contributed by atoms with Crippen LogP contribution in [0.4, 0.5) is 0 Å². The van der Waals surface area contributed by atoms with Gasteiger partial charge in [-0.3, -0.25) is 0 Å². The molecule has 0 radical (unpaired) electrons. The van der Waals surface area contributed by atoms with Crippen molar-refractivity contribution in [2.24, 2.45) is 11.1 Å². The molecule has 1 aliphatic carbocycles. The Hall–Kier alpha value is -0.900. The zero-order valence-electron chi connectivity index (χ0n) is 11.1. The molecule has 1 fully saturated rings. The SMILES string of the molecule is CC(C)(C)C(N)Cc1nc(C2CCCC2)no1. The molecule has 17 heavy (non-hydrogen) atoms. The van der Waals surface area contributed by atoms with Crippen LogP contribution in [0.15, 0.2) is 4.52 Å². The van der Waals surface area contributed by atoms with E-state index >= 15 is 0 Å². The summed E-state index contributed by atoms with van der Waals surface area (Å²) in [5.74, 6) is 2.09. The third-order valence-corrected chi connectivity index (χ3v) is 3.71. The van der Waals surface area contributed by atoms with E-state index in [2.05, 4.69) is 30.9 Å². The van der Waals surface area contributed by atoms with Crippen molar-refractivity contribution in [2.45, 2.75) is 64.8 Å². The summed E-state index contributed by atoms with van der Waals surface area (Å²) in [6.45, 7) is 6.39. The number of nitrogens with zero attached hydrogens (tertiary/aromatic N) is 2. The molecule has 1 aromatic rings. The minimum atomic E-state index is 0.0550. The quantitative estimate of drug-likeness (QED) is 0.877. The third-order valence-electron chi connectivity index (χ3n) is 3.71. The van der Waals surface area contributed by atoms with Crippen molar-refractivity contribution in [3.63, 3.8) is 0 Å². The summed E-state index contributed by atoms with van der Waals surface area (Å²) in [6, 6.07) is 0.0550. The molecule has 1 atom stereocenters. The van der Waals surface area contributed by atoms with E-state index in [0.29, 0.717) is 18.2 Å². The molecule has 2 N–H and O–H groups in total. The van der Waals surface area contributed by atoms with Crippen molar-refractivity contribution >= 4 is 0 Å². The van der Waals surface area contributed by atoms with E-state index in [9.17, 15) is 0 Å². The van der Waals surface area contributed by atoms with Crippen LogP contribution in [0.1, 0.15) is 64.1 Å². The number of hydrogen-bond acceptors (Lipinski definition) is 4. The topological polar surface area (TPSA) is 64.9 Å². The van der Waals surface area contributed by atoms with Gasteiger partial charge in [0, 0.05) is 18.4 Å². The van der Waals surface area contributed by atoms with Gasteiger partial charge in [-0.2, -0.15) is 4.98 Å². The monoisotopic (exact) mass is 237 g/mol. The van der Waals surface area contributed by atoms with Crippen molar-refractivity contribution < 1.29 is 4.52 Å². The Morgan fingerprint density at radius 2 is 2.00 bits per heavy atom. The number of rotatable bonds is 3. The van der Waals surface area contributed by atoms with Gasteiger partial charge in [0.2, 0.25) is 5.89 Å². The summed E-state index contributed by atoms with van der Waals surface area (Å²) < 4.78 is 5.30. The van der Waals surface area contributed by atoms with Gasteiger partial charge in [-0.1, -0.05) is 38.8 Å². The molecular weight excluding hydrogens is 214 g/mol. The normalized spacial score (nSPS) is 19.8. The summed E-state index contributed by atoms with van der Waals surface area (Å²) in [6.07, 6.45) is 5.64. The minimum Gasteiger partial charge on any atom is -0.339 e. The Morgan fingerprint density at radius 1 is 1.35 bits per heavy atom. The van der Waals surface area contributed by atoms with Gasteiger partial charge in [0.15, 0.2) is 5.82 Å². The predicted octanol–water partition coefficient (Wildman–Crippen LogP) is 2.64.